The molecular formula is C13H18ClFN2. The highest BCUT2D eigenvalue weighted by molar-refractivity contribution is 6.31. The molecule has 1 unspecified atom stereocenters. The Hall–Kier alpha value is -0.960. The zero-order valence-electron chi connectivity index (χ0n) is 10.0. The van der Waals surface area contributed by atoms with Crippen molar-refractivity contribution in [2.45, 2.75) is 26.2 Å². The van der Waals surface area contributed by atoms with E-state index in [0.717, 1.165) is 25.9 Å². The van der Waals surface area contributed by atoms with Crippen molar-refractivity contribution in [3.05, 3.63) is 23.0 Å². The first-order chi connectivity index (χ1) is 8.09. The third-order valence-electron chi connectivity index (χ3n) is 3.43. The molecule has 94 valence electrons. The van der Waals surface area contributed by atoms with Gasteiger partial charge in [0.1, 0.15) is 0 Å². The van der Waals surface area contributed by atoms with Crippen LogP contribution in [-0.4, -0.2) is 13.1 Å². The van der Waals surface area contributed by atoms with Crippen molar-refractivity contribution in [3.63, 3.8) is 0 Å². The molecule has 0 spiro atoms. The van der Waals surface area contributed by atoms with Gasteiger partial charge < -0.3 is 10.6 Å². The fourth-order valence-electron chi connectivity index (χ4n) is 2.36. The van der Waals surface area contributed by atoms with Gasteiger partial charge in [-0.15, -0.1) is 0 Å². The van der Waals surface area contributed by atoms with Crippen LogP contribution < -0.4 is 10.6 Å². The van der Waals surface area contributed by atoms with Crippen molar-refractivity contribution in [1.29, 1.82) is 0 Å². The Morgan fingerprint density at radius 2 is 2.12 bits per heavy atom. The maximum absolute atomic E-state index is 14.0. The van der Waals surface area contributed by atoms with Gasteiger partial charge in [0.25, 0.3) is 0 Å². The summed E-state index contributed by atoms with van der Waals surface area (Å²) in [5.74, 6) is 0.310. The van der Waals surface area contributed by atoms with Crippen molar-refractivity contribution in [2.24, 2.45) is 5.92 Å². The smallest absolute Gasteiger partial charge is 0.167 e. The molecule has 0 amide bonds. The average Bonchev–Trinajstić information content (AvgIpc) is 2.50. The number of hydrogen-bond acceptors (Lipinski definition) is 2. The second kappa shape index (κ2) is 5.13. The number of hydrogen-bond donors (Lipinski definition) is 1. The predicted octanol–water partition coefficient (Wildman–Crippen LogP) is 3.69. The van der Waals surface area contributed by atoms with E-state index >= 15 is 0 Å². The lowest BCUT2D eigenvalue weighted by Gasteiger charge is -2.25. The molecule has 1 aromatic rings. The van der Waals surface area contributed by atoms with Crippen LogP contribution in [0.25, 0.3) is 0 Å². The van der Waals surface area contributed by atoms with Gasteiger partial charge in [0, 0.05) is 13.1 Å². The van der Waals surface area contributed by atoms with Crippen LogP contribution in [0.4, 0.5) is 15.8 Å². The minimum absolute atomic E-state index is 0.145. The Morgan fingerprint density at radius 3 is 2.88 bits per heavy atom. The SMILES string of the molecule is CC1CCCN(c2c(N)ccc(Cl)c2F)CC1. The first-order valence-corrected chi connectivity index (χ1v) is 6.46. The number of benzene rings is 1. The minimum atomic E-state index is -0.388. The van der Waals surface area contributed by atoms with E-state index in [1.807, 2.05) is 4.90 Å². The molecule has 0 bridgehead atoms. The van der Waals surface area contributed by atoms with Crippen LogP contribution in [0.15, 0.2) is 12.1 Å². The van der Waals surface area contributed by atoms with E-state index in [2.05, 4.69) is 6.92 Å². The lowest BCUT2D eigenvalue weighted by atomic mass is 10.0. The zero-order chi connectivity index (χ0) is 12.4. The normalized spacial score (nSPS) is 21.4. The van der Waals surface area contributed by atoms with Gasteiger partial charge in [0.15, 0.2) is 5.82 Å². The molecule has 0 radical (unpaired) electrons. The fourth-order valence-corrected chi connectivity index (χ4v) is 2.52. The second-order valence-electron chi connectivity index (χ2n) is 4.82. The molecule has 2 N–H and O–H groups in total. The molecule has 2 nitrogen and oxygen atoms in total. The van der Waals surface area contributed by atoms with Crippen LogP contribution >= 0.6 is 11.6 Å². The van der Waals surface area contributed by atoms with Crippen molar-refractivity contribution in [2.75, 3.05) is 23.7 Å². The van der Waals surface area contributed by atoms with Gasteiger partial charge in [-0.2, -0.15) is 0 Å². The molecule has 1 fully saturated rings. The summed E-state index contributed by atoms with van der Waals surface area (Å²) < 4.78 is 14.0. The molecule has 0 aliphatic carbocycles. The van der Waals surface area contributed by atoms with E-state index in [9.17, 15) is 4.39 Å². The van der Waals surface area contributed by atoms with Crippen molar-refractivity contribution < 1.29 is 4.39 Å². The summed E-state index contributed by atoms with van der Waals surface area (Å²) in [6.45, 7) is 3.94. The molecule has 17 heavy (non-hydrogen) atoms. The van der Waals surface area contributed by atoms with Gasteiger partial charge in [-0.25, -0.2) is 4.39 Å². The highest BCUT2D eigenvalue weighted by Gasteiger charge is 2.20. The number of rotatable bonds is 1. The number of halogens is 2. The second-order valence-corrected chi connectivity index (χ2v) is 5.23. The number of anilines is 2. The molecule has 1 aromatic carbocycles. The summed E-state index contributed by atoms with van der Waals surface area (Å²) in [4.78, 5) is 2.03. The first kappa shape index (κ1) is 12.5. The van der Waals surface area contributed by atoms with E-state index in [4.69, 9.17) is 17.3 Å². The van der Waals surface area contributed by atoms with Gasteiger partial charge in [-0.1, -0.05) is 18.5 Å². The Bertz CT molecular complexity index is 409. The van der Waals surface area contributed by atoms with Crippen LogP contribution in [-0.2, 0) is 0 Å². The van der Waals surface area contributed by atoms with Gasteiger partial charge in [0.2, 0.25) is 0 Å². The zero-order valence-corrected chi connectivity index (χ0v) is 10.8. The minimum Gasteiger partial charge on any atom is -0.397 e. The van der Waals surface area contributed by atoms with Crippen LogP contribution in [0.1, 0.15) is 26.2 Å². The molecular weight excluding hydrogens is 239 g/mol. The summed E-state index contributed by atoms with van der Waals surface area (Å²) in [5.41, 5.74) is 6.82. The molecule has 1 heterocycles. The fraction of sp³-hybridized carbons (Fsp3) is 0.538. The van der Waals surface area contributed by atoms with E-state index in [0.29, 0.717) is 17.3 Å². The molecule has 0 aromatic heterocycles. The van der Waals surface area contributed by atoms with Crippen molar-refractivity contribution in [3.8, 4) is 0 Å². The van der Waals surface area contributed by atoms with Crippen molar-refractivity contribution >= 4 is 23.0 Å². The molecule has 1 atom stereocenters. The van der Waals surface area contributed by atoms with E-state index < -0.39 is 0 Å². The maximum Gasteiger partial charge on any atom is 0.167 e. The summed E-state index contributed by atoms with van der Waals surface area (Å²) >= 11 is 5.82. The van der Waals surface area contributed by atoms with Crippen LogP contribution in [0.3, 0.4) is 0 Å². The quantitative estimate of drug-likeness (QED) is 0.777. The standard InChI is InChI=1S/C13H18ClFN2/c1-9-3-2-7-17(8-6-9)13-11(16)5-4-10(14)12(13)15/h4-5,9H,2-3,6-8,16H2,1H3. The molecule has 0 saturated carbocycles. The number of nitrogens with two attached hydrogens (primary N) is 1. The number of nitrogen functional groups attached to an aromatic ring is 1. The van der Waals surface area contributed by atoms with Gasteiger partial charge in [0.05, 0.1) is 16.4 Å². The summed E-state index contributed by atoms with van der Waals surface area (Å²) in [5, 5.41) is 0.145. The molecule has 4 heteroatoms. The topological polar surface area (TPSA) is 29.3 Å². The Labute approximate surface area is 107 Å². The Morgan fingerprint density at radius 1 is 1.35 bits per heavy atom. The Balaban J connectivity index is 2.30. The monoisotopic (exact) mass is 256 g/mol. The maximum atomic E-state index is 14.0. The average molecular weight is 257 g/mol. The molecule has 2 rings (SSSR count). The van der Waals surface area contributed by atoms with Crippen LogP contribution in [0.2, 0.25) is 5.02 Å². The molecule has 1 aliphatic rings. The highest BCUT2D eigenvalue weighted by atomic mass is 35.5. The largest absolute Gasteiger partial charge is 0.397 e. The van der Waals surface area contributed by atoms with Gasteiger partial charge in [-0.3, -0.25) is 0 Å². The first-order valence-electron chi connectivity index (χ1n) is 6.08. The van der Waals surface area contributed by atoms with Crippen molar-refractivity contribution in [1.82, 2.24) is 0 Å². The third-order valence-corrected chi connectivity index (χ3v) is 3.73. The summed E-state index contributed by atoms with van der Waals surface area (Å²) in [6.07, 6.45) is 3.34. The molecule has 1 aliphatic heterocycles. The number of nitrogens with zero attached hydrogens (tertiary/aromatic N) is 1. The van der Waals surface area contributed by atoms with Crippen LogP contribution in [0.5, 0.6) is 0 Å². The van der Waals surface area contributed by atoms with Crippen LogP contribution in [0, 0.1) is 11.7 Å². The lowest BCUT2D eigenvalue weighted by Crippen LogP contribution is -2.26. The van der Waals surface area contributed by atoms with E-state index in [-0.39, 0.29) is 10.8 Å². The van der Waals surface area contributed by atoms with Gasteiger partial charge in [-0.05, 0) is 37.3 Å². The third kappa shape index (κ3) is 2.65. The predicted molar refractivity (Wildman–Crippen MR) is 71.1 cm³/mol. The molecule has 1 saturated heterocycles. The van der Waals surface area contributed by atoms with E-state index in [1.54, 1.807) is 6.07 Å². The van der Waals surface area contributed by atoms with E-state index in [1.165, 1.54) is 12.5 Å². The summed E-state index contributed by atoms with van der Waals surface area (Å²) in [6, 6.07) is 3.19. The lowest BCUT2D eigenvalue weighted by molar-refractivity contribution is 0.520. The highest BCUT2D eigenvalue weighted by Crippen LogP contribution is 2.33. The van der Waals surface area contributed by atoms with Gasteiger partial charge >= 0.3 is 0 Å². The Kier molecular flexibility index (Phi) is 3.77. The summed E-state index contributed by atoms with van der Waals surface area (Å²) in [7, 11) is 0.